The molecule has 8 nitrogen and oxygen atoms in total. The van der Waals surface area contributed by atoms with Gasteiger partial charge in [-0.2, -0.15) is 0 Å². The molecule has 4 rings (SSSR count). The average Bonchev–Trinajstić information content (AvgIpc) is 2.65. The zero-order valence-electron chi connectivity index (χ0n) is 16.1. The molecular formula is C19H25N7O. The maximum absolute atomic E-state index is 13.3. The number of hydrogen-bond donors (Lipinski definition) is 1. The molecule has 2 aromatic rings. The van der Waals surface area contributed by atoms with Crippen molar-refractivity contribution in [3.05, 3.63) is 34.0 Å². The van der Waals surface area contributed by atoms with Crippen LogP contribution in [-0.2, 0) is 25.8 Å². The molecule has 0 radical (unpaired) electrons. The van der Waals surface area contributed by atoms with E-state index in [0.717, 1.165) is 66.3 Å². The number of nitrogen functional groups attached to an aromatic ring is 1. The van der Waals surface area contributed by atoms with Gasteiger partial charge in [-0.1, -0.05) is 0 Å². The van der Waals surface area contributed by atoms with Gasteiger partial charge in [0.15, 0.2) is 0 Å². The predicted octanol–water partition coefficient (Wildman–Crippen LogP) is 1.30. The van der Waals surface area contributed by atoms with Gasteiger partial charge in [-0.15, -0.1) is 0 Å². The highest BCUT2D eigenvalue weighted by Crippen LogP contribution is 2.28. The van der Waals surface area contributed by atoms with Crippen molar-refractivity contribution in [3.63, 3.8) is 0 Å². The zero-order chi connectivity index (χ0) is 19.1. The number of aryl methyl sites for hydroxylation is 2. The molecule has 0 fully saturated rings. The fourth-order valence-electron chi connectivity index (χ4n) is 4.01. The minimum absolute atomic E-state index is 0.0735. The topological polar surface area (TPSA) is 101 Å². The summed E-state index contributed by atoms with van der Waals surface area (Å²) >= 11 is 0. The third-order valence-electron chi connectivity index (χ3n) is 5.27. The summed E-state index contributed by atoms with van der Waals surface area (Å²) < 4.78 is 0. The number of fused-ring (bicyclic) bond motifs is 2. The SMILES string of the molecule is Cc1nc2c(c(N(C)C)n1)CCN(C(=O)c1nc(N)nc3c1CCCC3)C2. The number of anilines is 2. The van der Waals surface area contributed by atoms with Gasteiger partial charge in [0, 0.05) is 37.5 Å². The van der Waals surface area contributed by atoms with Gasteiger partial charge in [-0.05, 0) is 39.0 Å². The molecule has 1 amide bonds. The first-order valence-electron chi connectivity index (χ1n) is 9.42. The number of rotatable bonds is 2. The van der Waals surface area contributed by atoms with Gasteiger partial charge in [0.25, 0.3) is 5.91 Å². The van der Waals surface area contributed by atoms with Gasteiger partial charge in [0.05, 0.1) is 12.2 Å². The van der Waals surface area contributed by atoms with Gasteiger partial charge in [0.1, 0.15) is 17.3 Å². The van der Waals surface area contributed by atoms with Crippen LogP contribution in [0.3, 0.4) is 0 Å². The Morgan fingerprint density at radius 1 is 1.00 bits per heavy atom. The molecule has 0 unspecified atom stereocenters. The Morgan fingerprint density at radius 2 is 1.78 bits per heavy atom. The highest BCUT2D eigenvalue weighted by atomic mass is 16.2. The monoisotopic (exact) mass is 367 g/mol. The summed E-state index contributed by atoms with van der Waals surface area (Å²) in [5.41, 5.74) is 10.3. The van der Waals surface area contributed by atoms with Crippen LogP contribution in [0.2, 0.25) is 0 Å². The lowest BCUT2D eigenvalue weighted by molar-refractivity contribution is 0.0724. The number of nitrogens with two attached hydrogens (primary N) is 1. The lowest BCUT2D eigenvalue weighted by Crippen LogP contribution is -2.39. The summed E-state index contributed by atoms with van der Waals surface area (Å²) in [7, 11) is 3.96. The Morgan fingerprint density at radius 3 is 2.56 bits per heavy atom. The highest BCUT2D eigenvalue weighted by Gasteiger charge is 2.30. The minimum Gasteiger partial charge on any atom is -0.368 e. The van der Waals surface area contributed by atoms with Crippen molar-refractivity contribution in [1.82, 2.24) is 24.8 Å². The van der Waals surface area contributed by atoms with Crippen LogP contribution in [-0.4, -0.2) is 51.4 Å². The van der Waals surface area contributed by atoms with E-state index in [1.807, 2.05) is 30.8 Å². The minimum atomic E-state index is -0.0735. The fraction of sp³-hybridized carbons (Fsp3) is 0.526. The lowest BCUT2D eigenvalue weighted by Gasteiger charge is -2.31. The average molecular weight is 367 g/mol. The smallest absolute Gasteiger partial charge is 0.273 e. The molecule has 0 aromatic carbocycles. The van der Waals surface area contributed by atoms with Gasteiger partial charge >= 0.3 is 0 Å². The second kappa shape index (κ2) is 6.75. The van der Waals surface area contributed by atoms with Crippen molar-refractivity contribution in [3.8, 4) is 0 Å². The first kappa shape index (κ1) is 17.6. The molecule has 1 aliphatic heterocycles. The second-order valence-corrected chi connectivity index (χ2v) is 7.45. The fourth-order valence-corrected chi connectivity index (χ4v) is 4.01. The summed E-state index contributed by atoms with van der Waals surface area (Å²) in [6, 6.07) is 0. The first-order valence-corrected chi connectivity index (χ1v) is 9.42. The highest BCUT2D eigenvalue weighted by molar-refractivity contribution is 5.94. The van der Waals surface area contributed by atoms with E-state index in [1.54, 1.807) is 0 Å². The van der Waals surface area contributed by atoms with E-state index in [-0.39, 0.29) is 11.9 Å². The van der Waals surface area contributed by atoms with Crippen LogP contribution in [0.15, 0.2) is 0 Å². The molecule has 3 heterocycles. The zero-order valence-corrected chi connectivity index (χ0v) is 16.1. The molecule has 0 bridgehead atoms. The lowest BCUT2D eigenvalue weighted by atomic mass is 9.94. The Labute approximate surface area is 158 Å². The predicted molar refractivity (Wildman–Crippen MR) is 103 cm³/mol. The van der Waals surface area contributed by atoms with E-state index in [2.05, 4.69) is 19.9 Å². The Kier molecular flexibility index (Phi) is 4.41. The molecule has 2 N–H and O–H groups in total. The van der Waals surface area contributed by atoms with E-state index < -0.39 is 0 Å². The van der Waals surface area contributed by atoms with Crippen LogP contribution < -0.4 is 10.6 Å². The van der Waals surface area contributed by atoms with E-state index in [9.17, 15) is 4.79 Å². The molecule has 2 aromatic heterocycles. The molecule has 0 atom stereocenters. The molecule has 142 valence electrons. The molecular weight excluding hydrogens is 342 g/mol. The van der Waals surface area contributed by atoms with E-state index in [1.165, 1.54) is 0 Å². The van der Waals surface area contributed by atoms with Crippen LogP contribution in [0.25, 0.3) is 0 Å². The number of aromatic nitrogens is 4. The molecule has 0 saturated carbocycles. The number of hydrogen-bond acceptors (Lipinski definition) is 7. The summed E-state index contributed by atoms with van der Waals surface area (Å²) in [6.07, 6.45) is 4.58. The largest absolute Gasteiger partial charge is 0.368 e. The van der Waals surface area contributed by atoms with Gasteiger partial charge in [0.2, 0.25) is 5.95 Å². The van der Waals surface area contributed by atoms with Crippen molar-refractivity contribution >= 4 is 17.7 Å². The second-order valence-electron chi connectivity index (χ2n) is 7.45. The van der Waals surface area contributed by atoms with Crippen LogP contribution in [0.5, 0.6) is 0 Å². The Hall–Kier alpha value is -2.77. The number of carbonyl (C=O) groups is 1. The number of amides is 1. The maximum atomic E-state index is 13.3. The van der Waals surface area contributed by atoms with Crippen molar-refractivity contribution < 1.29 is 4.79 Å². The van der Waals surface area contributed by atoms with Gasteiger partial charge in [-0.25, -0.2) is 19.9 Å². The van der Waals surface area contributed by atoms with Crippen LogP contribution in [0, 0.1) is 6.92 Å². The van der Waals surface area contributed by atoms with E-state index in [0.29, 0.717) is 18.8 Å². The van der Waals surface area contributed by atoms with Gasteiger partial charge in [-0.3, -0.25) is 4.79 Å². The molecule has 27 heavy (non-hydrogen) atoms. The summed E-state index contributed by atoms with van der Waals surface area (Å²) in [5, 5.41) is 0. The third kappa shape index (κ3) is 3.20. The standard InChI is InChI=1S/C19H25N7O/c1-11-21-15-10-26(9-8-13(15)17(22-11)25(2)3)18(27)16-12-6-4-5-7-14(12)23-19(20)24-16/h4-10H2,1-3H3,(H2,20,23,24). The van der Waals surface area contributed by atoms with Crippen molar-refractivity contribution in [1.29, 1.82) is 0 Å². The van der Waals surface area contributed by atoms with E-state index in [4.69, 9.17) is 5.73 Å². The number of nitrogens with zero attached hydrogens (tertiary/aromatic N) is 6. The summed E-state index contributed by atoms with van der Waals surface area (Å²) in [5.74, 6) is 1.77. The first-order chi connectivity index (χ1) is 12.9. The van der Waals surface area contributed by atoms with Crippen molar-refractivity contribution in [2.45, 2.75) is 45.6 Å². The quantitative estimate of drug-likeness (QED) is 0.854. The van der Waals surface area contributed by atoms with Crippen molar-refractivity contribution in [2.75, 3.05) is 31.3 Å². The third-order valence-corrected chi connectivity index (χ3v) is 5.27. The van der Waals surface area contributed by atoms with Crippen LogP contribution >= 0.6 is 0 Å². The molecule has 0 saturated heterocycles. The molecule has 8 heteroatoms. The van der Waals surface area contributed by atoms with Crippen LogP contribution in [0.4, 0.5) is 11.8 Å². The Balaban J connectivity index is 1.67. The number of carbonyl (C=O) groups excluding carboxylic acids is 1. The summed E-state index contributed by atoms with van der Waals surface area (Å²) in [4.78, 5) is 34.9. The molecule has 1 aliphatic carbocycles. The van der Waals surface area contributed by atoms with Gasteiger partial charge < -0.3 is 15.5 Å². The van der Waals surface area contributed by atoms with E-state index >= 15 is 0 Å². The van der Waals surface area contributed by atoms with Crippen molar-refractivity contribution in [2.24, 2.45) is 0 Å². The normalized spacial score (nSPS) is 15.9. The molecule has 2 aliphatic rings. The maximum Gasteiger partial charge on any atom is 0.273 e. The Bertz CT molecular complexity index is 909. The summed E-state index contributed by atoms with van der Waals surface area (Å²) in [6.45, 7) is 2.98. The molecule has 0 spiro atoms. The van der Waals surface area contributed by atoms with Crippen LogP contribution in [0.1, 0.15) is 51.7 Å².